The lowest BCUT2D eigenvalue weighted by Gasteiger charge is -2.18. The van der Waals surface area contributed by atoms with Gasteiger partial charge in [-0.1, -0.05) is 171 Å². The van der Waals surface area contributed by atoms with Gasteiger partial charge in [-0.25, -0.2) is 4.57 Å². The maximum atomic E-state index is 12.4. The van der Waals surface area contributed by atoms with Gasteiger partial charge in [-0.2, -0.15) is 0 Å². The number of carbonyl (C=O) groups excluding carboxylic acids is 2. The molecule has 0 saturated heterocycles. The molecule has 300 valence electrons. The van der Waals surface area contributed by atoms with Gasteiger partial charge in [0.2, 0.25) is 0 Å². The van der Waals surface area contributed by atoms with Gasteiger partial charge in [0.1, 0.15) is 6.61 Å². The fraction of sp³-hybridized carbons (Fsp3) is 0.721. The second kappa shape index (κ2) is 38.5. The highest BCUT2D eigenvalue weighted by Crippen LogP contribution is 2.36. The predicted octanol–water partition coefficient (Wildman–Crippen LogP) is 12.5. The molecule has 0 heterocycles. The number of allylic oxidation sites excluding steroid dienone is 10. The monoisotopic (exact) mass is 751 g/mol. The Morgan fingerprint density at radius 2 is 0.962 bits per heavy atom. The number of rotatable bonds is 37. The highest BCUT2D eigenvalue weighted by atomic mass is 31.2. The van der Waals surface area contributed by atoms with E-state index in [-0.39, 0.29) is 19.4 Å². The van der Waals surface area contributed by atoms with E-state index in [9.17, 15) is 14.2 Å². The van der Waals surface area contributed by atoms with Crippen LogP contribution in [0.1, 0.15) is 181 Å². The number of phosphoric acid groups is 1. The Balaban J connectivity index is 3.88. The van der Waals surface area contributed by atoms with Gasteiger partial charge in [-0.05, 0) is 57.8 Å². The number of ether oxygens (including phenoxy) is 2. The van der Waals surface area contributed by atoms with Crippen LogP contribution in [0, 0.1) is 0 Å². The Labute approximate surface area is 317 Å². The summed E-state index contributed by atoms with van der Waals surface area (Å²) in [5, 5.41) is 0. The van der Waals surface area contributed by atoms with Crippen molar-refractivity contribution in [1.29, 1.82) is 0 Å². The second-order valence-electron chi connectivity index (χ2n) is 13.6. The quantitative estimate of drug-likeness (QED) is 0.0212. The molecule has 0 bridgehead atoms. The molecule has 0 aliphatic carbocycles. The molecular formula is C43H75O8P. The number of hydrogen-bond acceptors (Lipinski definition) is 6. The smallest absolute Gasteiger partial charge is 0.462 e. The molecule has 0 saturated carbocycles. The maximum Gasteiger partial charge on any atom is 0.469 e. The Morgan fingerprint density at radius 3 is 1.48 bits per heavy atom. The van der Waals surface area contributed by atoms with Crippen LogP contribution in [0.3, 0.4) is 0 Å². The van der Waals surface area contributed by atoms with Crippen molar-refractivity contribution in [1.82, 2.24) is 0 Å². The SMILES string of the molecule is CC/C=C/C=C/C=C/CCCCCCCC(=O)OC(COC(=O)CCCCCCCCCCCCCCCC/C=C/C/C=C/CC)COP(=O)(O)O. The third-order valence-electron chi connectivity index (χ3n) is 8.59. The highest BCUT2D eigenvalue weighted by Gasteiger charge is 2.22. The number of carbonyl (C=O) groups is 2. The van der Waals surface area contributed by atoms with Crippen molar-refractivity contribution in [2.45, 2.75) is 187 Å². The van der Waals surface area contributed by atoms with E-state index in [0.717, 1.165) is 70.6 Å². The van der Waals surface area contributed by atoms with Crippen molar-refractivity contribution in [3.05, 3.63) is 60.8 Å². The van der Waals surface area contributed by atoms with Crippen LogP contribution in [-0.2, 0) is 28.2 Å². The Kier molecular flexibility index (Phi) is 36.8. The van der Waals surface area contributed by atoms with Crippen LogP contribution in [0.4, 0.5) is 0 Å². The lowest BCUT2D eigenvalue weighted by molar-refractivity contribution is -0.161. The van der Waals surface area contributed by atoms with Gasteiger partial charge in [0, 0.05) is 12.8 Å². The zero-order valence-corrected chi connectivity index (χ0v) is 33.8. The molecule has 0 radical (unpaired) electrons. The largest absolute Gasteiger partial charge is 0.469 e. The van der Waals surface area contributed by atoms with Gasteiger partial charge in [0.15, 0.2) is 6.10 Å². The topological polar surface area (TPSA) is 119 Å². The van der Waals surface area contributed by atoms with Crippen LogP contribution in [0.25, 0.3) is 0 Å². The minimum absolute atomic E-state index is 0.187. The maximum absolute atomic E-state index is 12.4. The summed E-state index contributed by atoms with van der Waals surface area (Å²) < 4.78 is 26.3. The molecule has 0 aromatic carbocycles. The average Bonchev–Trinajstić information content (AvgIpc) is 3.11. The summed E-state index contributed by atoms with van der Waals surface area (Å²) in [5.74, 6) is -0.910. The standard InChI is InChI=1S/C43H75O8P/c1-3-5-7-9-11-13-15-17-18-19-20-21-22-23-24-26-27-29-31-33-35-37-42(44)49-39-41(40-50-52(46,47)48)51-43(45)38-36-34-32-30-28-25-16-14-12-10-8-6-4-2/h5-8,10-14,16,41H,3-4,9,15,17-40H2,1-2H3,(H2,46,47,48)/b7-5+,8-6+,12-10+,13-11+,16-14+. The van der Waals surface area contributed by atoms with E-state index in [1.165, 1.54) is 77.0 Å². The average molecular weight is 751 g/mol. The van der Waals surface area contributed by atoms with E-state index in [1.54, 1.807) is 0 Å². The van der Waals surface area contributed by atoms with Gasteiger partial charge >= 0.3 is 19.8 Å². The molecule has 1 unspecified atom stereocenters. The molecule has 9 heteroatoms. The molecule has 2 N–H and O–H groups in total. The van der Waals surface area contributed by atoms with Crippen LogP contribution in [-0.4, -0.2) is 41.0 Å². The molecule has 0 rings (SSSR count). The first-order chi connectivity index (χ1) is 25.3. The Bertz CT molecular complexity index is 1030. The summed E-state index contributed by atoms with van der Waals surface area (Å²) in [6.07, 6.45) is 48.1. The normalized spacial score (nSPS) is 13.1. The predicted molar refractivity (Wildman–Crippen MR) is 216 cm³/mol. The van der Waals surface area contributed by atoms with Crippen molar-refractivity contribution >= 4 is 19.8 Å². The summed E-state index contributed by atoms with van der Waals surface area (Å²) in [7, 11) is -4.76. The molecule has 52 heavy (non-hydrogen) atoms. The van der Waals surface area contributed by atoms with Crippen molar-refractivity contribution in [2.24, 2.45) is 0 Å². The number of hydrogen-bond donors (Lipinski definition) is 2. The number of unbranched alkanes of at least 4 members (excludes halogenated alkanes) is 19. The van der Waals surface area contributed by atoms with E-state index in [2.05, 4.69) is 60.9 Å². The van der Waals surface area contributed by atoms with Gasteiger partial charge in [0.05, 0.1) is 6.61 Å². The third kappa shape index (κ3) is 40.5. The fourth-order valence-corrected chi connectivity index (χ4v) is 5.95. The molecule has 0 aromatic heterocycles. The van der Waals surface area contributed by atoms with Crippen LogP contribution >= 0.6 is 7.82 Å². The summed E-state index contributed by atoms with van der Waals surface area (Å²) in [4.78, 5) is 42.8. The first kappa shape index (κ1) is 49.8. The molecule has 0 fully saturated rings. The van der Waals surface area contributed by atoms with E-state index in [4.69, 9.17) is 19.3 Å². The Morgan fingerprint density at radius 1 is 0.519 bits per heavy atom. The van der Waals surface area contributed by atoms with E-state index in [1.807, 2.05) is 18.2 Å². The van der Waals surface area contributed by atoms with Crippen molar-refractivity contribution in [2.75, 3.05) is 13.2 Å². The molecular weight excluding hydrogens is 675 g/mol. The molecule has 0 aromatic rings. The summed E-state index contributed by atoms with van der Waals surface area (Å²) in [6, 6.07) is 0. The van der Waals surface area contributed by atoms with Crippen LogP contribution in [0.5, 0.6) is 0 Å². The molecule has 0 amide bonds. The fourth-order valence-electron chi connectivity index (χ4n) is 5.59. The first-order valence-corrected chi connectivity index (χ1v) is 22.1. The molecule has 8 nitrogen and oxygen atoms in total. The van der Waals surface area contributed by atoms with Crippen molar-refractivity contribution in [3.8, 4) is 0 Å². The minimum Gasteiger partial charge on any atom is -0.462 e. The third-order valence-corrected chi connectivity index (χ3v) is 9.08. The van der Waals surface area contributed by atoms with Crippen LogP contribution in [0.15, 0.2) is 60.8 Å². The van der Waals surface area contributed by atoms with Crippen molar-refractivity contribution < 1.29 is 37.9 Å². The summed E-state index contributed by atoms with van der Waals surface area (Å²) in [6.45, 7) is 3.43. The van der Waals surface area contributed by atoms with Gasteiger partial charge in [0.25, 0.3) is 0 Å². The summed E-state index contributed by atoms with van der Waals surface area (Å²) in [5.41, 5.74) is 0. The molecule has 0 aliphatic rings. The molecule has 1 atom stereocenters. The van der Waals surface area contributed by atoms with Crippen molar-refractivity contribution in [3.63, 3.8) is 0 Å². The first-order valence-electron chi connectivity index (χ1n) is 20.6. The molecule has 0 aliphatic heterocycles. The van der Waals surface area contributed by atoms with Gasteiger partial charge < -0.3 is 19.3 Å². The lowest BCUT2D eigenvalue weighted by Crippen LogP contribution is -2.29. The number of esters is 2. The Hall–Kier alpha value is -2.25. The van der Waals surface area contributed by atoms with E-state index in [0.29, 0.717) is 6.42 Å². The summed E-state index contributed by atoms with van der Waals surface area (Å²) >= 11 is 0. The van der Waals surface area contributed by atoms with Gasteiger partial charge in [-0.15, -0.1) is 0 Å². The zero-order chi connectivity index (χ0) is 38.2. The number of phosphoric ester groups is 1. The van der Waals surface area contributed by atoms with Crippen LogP contribution < -0.4 is 0 Å². The lowest BCUT2D eigenvalue weighted by atomic mass is 10.0. The second-order valence-corrected chi connectivity index (χ2v) is 14.9. The van der Waals surface area contributed by atoms with Crippen LogP contribution in [0.2, 0.25) is 0 Å². The van der Waals surface area contributed by atoms with E-state index >= 15 is 0 Å². The zero-order valence-electron chi connectivity index (χ0n) is 32.9. The minimum atomic E-state index is -4.76. The van der Waals surface area contributed by atoms with Gasteiger partial charge in [-0.3, -0.25) is 14.1 Å². The molecule has 0 spiro atoms. The van der Waals surface area contributed by atoms with E-state index < -0.39 is 32.5 Å². The highest BCUT2D eigenvalue weighted by molar-refractivity contribution is 7.46.